The molecule has 0 aromatic heterocycles. The normalized spacial score (nSPS) is 11.4. The Hall–Kier alpha value is -1.04. The number of carbonyl (C=O) groups excluding carboxylic acids is 1. The molecule has 0 fully saturated rings. The highest BCUT2D eigenvalue weighted by Gasteiger charge is 2.32. The number of nitrogens with zero attached hydrogens (tertiary/aromatic N) is 1. The molecule has 0 aliphatic heterocycles. The monoisotopic (exact) mass is 337 g/mol. The first-order valence-electron chi connectivity index (χ1n) is 5.88. The Morgan fingerprint density at radius 3 is 2.26 bits per heavy atom. The minimum Gasteiger partial charge on any atom is -0.330 e. The lowest BCUT2D eigenvalue weighted by molar-refractivity contribution is -0.140. The first-order valence-corrected chi connectivity index (χ1v) is 7.00. The summed E-state index contributed by atoms with van der Waals surface area (Å²) in [5, 5.41) is 0.642. The lowest BCUT2D eigenvalue weighted by atomic mass is 10.1. The van der Waals surface area contributed by atoms with Gasteiger partial charge in [0.15, 0.2) is 0 Å². The standard InChI is InChI=1S/C13H15BrF3NO/c1-2-7-18(9-13(15,16)17)12(19)11-5-3-10(8-14)4-6-11/h3-6H,2,7-9H2,1H3. The highest BCUT2D eigenvalue weighted by atomic mass is 79.9. The number of halogens is 4. The molecule has 0 aliphatic rings. The zero-order valence-corrected chi connectivity index (χ0v) is 12.1. The number of carbonyl (C=O) groups is 1. The van der Waals surface area contributed by atoms with Crippen LogP contribution in [0.15, 0.2) is 24.3 Å². The summed E-state index contributed by atoms with van der Waals surface area (Å²) in [4.78, 5) is 12.9. The highest BCUT2D eigenvalue weighted by Crippen LogP contribution is 2.19. The lowest BCUT2D eigenvalue weighted by Crippen LogP contribution is -2.39. The van der Waals surface area contributed by atoms with Crippen LogP contribution in [-0.2, 0) is 5.33 Å². The minimum absolute atomic E-state index is 0.0958. The van der Waals surface area contributed by atoms with E-state index in [1.54, 1.807) is 31.2 Å². The molecule has 0 radical (unpaired) electrons. The Kier molecular flexibility index (Phi) is 5.85. The quantitative estimate of drug-likeness (QED) is 0.744. The molecule has 0 N–H and O–H groups in total. The van der Waals surface area contributed by atoms with Crippen molar-refractivity contribution < 1.29 is 18.0 Å². The van der Waals surface area contributed by atoms with E-state index >= 15 is 0 Å². The Bertz CT molecular complexity index is 417. The Labute approximate surface area is 118 Å². The smallest absolute Gasteiger partial charge is 0.330 e. The number of hydrogen-bond acceptors (Lipinski definition) is 1. The van der Waals surface area contributed by atoms with Gasteiger partial charge in [-0.05, 0) is 24.1 Å². The van der Waals surface area contributed by atoms with Crippen LogP contribution in [0.2, 0.25) is 0 Å². The molecule has 0 heterocycles. The fourth-order valence-corrected chi connectivity index (χ4v) is 2.03. The second-order valence-corrected chi connectivity index (χ2v) is 4.73. The van der Waals surface area contributed by atoms with E-state index in [0.29, 0.717) is 11.8 Å². The zero-order valence-electron chi connectivity index (χ0n) is 10.5. The van der Waals surface area contributed by atoms with Crippen LogP contribution in [-0.4, -0.2) is 30.1 Å². The molecule has 2 nitrogen and oxygen atoms in total. The summed E-state index contributed by atoms with van der Waals surface area (Å²) in [6.45, 7) is 0.628. The van der Waals surface area contributed by atoms with Gasteiger partial charge in [-0.25, -0.2) is 0 Å². The highest BCUT2D eigenvalue weighted by molar-refractivity contribution is 9.08. The van der Waals surface area contributed by atoms with E-state index in [-0.39, 0.29) is 12.1 Å². The van der Waals surface area contributed by atoms with Crippen LogP contribution in [0.5, 0.6) is 0 Å². The molecule has 0 saturated heterocycles. The largest absolute Gasteiger partial charge is 0.406 e. The van der Waals surface area contributed by atoms with E-state index in [2.05, 4.69) is 15.9 Å². The molecule has 0 unspecified atom stereocenters. The summed E-state index contributed by atoms with van der Waals surface area (Å²) >= 11 is 3.27. The maximum absolute atomic E-state index is 12.4. The van der Waals surface area contributed by atoms with Gasteiger partial charge in [-0.2, -0.15) is 13.2 Å². The topological polar surface area (TPSA) is 20.3 Å². The average Bonchev–Trinajstić information content (AvgIpc) is 2.36. The molecule has 1 rings (SSSR count). The third-order valence-corrected chi connectivity index (χ3v) is 3.15. The van der Waals surface area contributed by atoms with E-state index in [4.69, 9.17) is 0 Å². The average molecular weight is 338 g/mol. The van der Waals surface area contributed by atoms with Gasteiger partial charge in [0.2, 0.25) is 0 Å². The van der Waals surface area contributed by atoms with Gasteiger partial charge in [-0.3, -0.25) is 4.79 Å². The van der Waals surface area contributed by atoms with E-state index in [0.717, 1.165) is 10.5 Å². The van der Waals surface area contributed by atoms with Crippen molar-refractivity contribution in [3.8, 4) is 0 Å². The predicted molar refractivity (Wildman–Crippen MR) is 71.3 cm³/mol. The molecule has 1 amide bonds. The number of rotatable bonds is 5. The van der Waals surface area contributed by atoms with Gasteiger partial charge < -0.3 is 4.90 Å². The summed E-state index contributed by atoms with van der Waals surface area (Å²) in [6, 6.07) is 6.55. The SMILES string of the molecule is CCCN(CC(F)(F)F)C(=O)c1ccc(CBr)cc1. The number of amides is 1. The summed E-state index contributed by atoms with van der Waals surface area (Å²) in [5.41, 5.74) is 1.25. The van der Waals surface area contributed by atoms with Gasteiger partial charge in [-0.15, -0.1) is 0 Å². The van der Waals surface area contributed by atoms with Crippen molar-refractivity contribution in [3.63, 3.8) is 0 Å². The zero-order chi connectivity index (χ0) is 14.5. The minimum atomic E-state index is -4.37. The van der Waals surface area contributed by atoms with Crippen molar-refractivity contribution in [2.24, 2.45) is 0 Å². The predicted octanol–water partition coefficient (Wildman–Crippen LogP) is 4.00. The molecule has 0 aliphatic carbocycles. The van der Waals surface area contributed by atoms with Crippen LogP contribution in [0.4, 0.5) is 13.2 Å². The molecule has 0 atom stereocenters. The molecular weight excluding hydrogens is 323 g/mol. The Balaban J connectivity index is 2.85. The first-order chi connectivity index (χ1) is 8.87. The van der Waals surface area contributed by atoms with Gasteiger partial charge in [0.05, 0.1) is 0 Å². The number of alkyl halides is 4. The molecule has 0 bridgehead atoms. The molecule has 6 heteroatoms. The third-order valence-electron chi connectivity index (χ3n) is 2.51. The maximum atomic E-state index is 12.4. The van der Waals surface area contributed by atoms with Crippen molar-refractivity contribution >= 4 is 21.8 Å². The van der Waals surface area contributed by atoms with E-state index in [9.17, 15) is 18.0 Å². The van der Waals surface area contributed by atoms with Gasteiger partial charge in [0.1, 0.15) is 6.54 Å². The van der Waals surface area contributed by atoms with E-state index < -0.39 is 18.6 Å². The van der Waals surface area contributed by atoms with Crippen LogP contribution in [0, 0.1) is 0 Å². The first kappa shape index (κ1) is 16.0. The Morgan fingerprint density at radius 1 is 1.26 bits per heavy atom. The van der Waals surface area contributed by atoms with Gasteiger partial charge in [0.25, 0.3) is 5.91 Å². The van der Waals surface area contributed by atoms with E-state index in [1.165, 1.54) is 0 Å². The second kappa shape index (κ2) is 6.93. The number of benzene rings is 1. The van der Waals surface area contributed by atoms with Crippen molar-refractivity contribution in [2.45, 2.75) is 24.9 Å². The van der Waals surface area contributed by atoms with Crippen LogP contribution in [0.1, 0.15) is 29.3 Å². The van der Waals surface area contributed by atoms with Crippen molar-refractivity contribution in [1.29, 1.82) is 0 Å². The molecule has 19 heavy (non-hydrogen) atoms. The van der Waals surface area contributed by atoms with Gasteiger partial charge in [0, 0.05) is 17.4 Å². The van der Waals surface area contributed by atoms with Gasteiger partial charge >= 0.3 is 6.18 Å². The van der Waals surface area contributed by atoms with Crippen LogP contribution in [0.25, 0.3) is 0 Å². The molecule has 0 saturated carbocycles. The summed E-state index contributed by atoms with van der Waals surface area (Å²) < 4.78 is 37.3. The fraction of sp³-hybridized carbons (Fsp3) is 0.462. The van der Waals surface area contributed by atoms with Crippen LogP contribution >= 0.6 is 15.9 Å². The molecule has 106 valence electrons. The third kappa shape index (κ3) is 5.22. The van der Waals surface area contributed by atoms with Crippen molar-refractivity contribution in [2.75, 3.05) is 13.1 Å². The van der Waals surface area contributed by atoms with Crippen molar-refractivity contribution in [1.82, 2.24) is 4.90 Å². The van der Waals surface area contributed by atoms with Crippen molar-refractivity contribution in [3.05, 3.63) is 35.4 Å². The summed E-state index contributed by atoms with van der Waals surface area (Å²) in [5.74, 6) is -0.583. The van der Waals surface area contributed by atoms with E-state index in [1.807, 2.05) is 0 Å². The summed E-state index contributed by atoms with van der Waals surface area (Å²) in [7, 11) is 0. The fourth-order valence-electron chi connectivity index (χ4n) is 1.66. The van der Waals surface area contributed by atoms with Crippen LogP contribution < -0.4 is 0 Å². The maximum Gasteiger partial charge on any atom is 0.406 e. The summed E-state index contributed by atoms with van der Waals surface area (Å²) in [6.07, 6.45) is -3.89. The number of hydrogen-bond donors (Lipinski definition) is 0. The molecule has 1 aromatic rings. The molecule has 1 aromatic carbocycles. The molecule has 0 spiro atoms. The Morgan fingerprint density at radius 2 is 1.84 bits per heavy atom. The second-order valence-electron chi connectivity index (χ2n) is 4.17. The lowest BCUT2D eigenvalue weighted by Gasteiger charge is -2.23. The van der Waals surface area contributed by atoms with Gasteiger partial charge in [-0.1, -0.05) is 35.0 Å². The molecular formula is C13H15BrF3NO. The van der Waals surface area contributed by atoms with Crippen LogP contribution in [0.3, 0.4) is 0 Å².